The first-order valence-electron chi connectivity index (χ1n) is 26.3. The van der Waals surface area contributed by atoms with Gasteiger partial charge >= 0.3 is 0 Å². The molecule has 0 aliphatic carbocycles. The maximum Gasteiger partial charge on any atom is 0.282 e. The smallest absolute Gasteiger partial charge is 0.282 e. The highest BCUT2D eigenvalue weighted by atomic mass is 35.5. The van der Waals surface area contributed by atoms with Gasteiger partial charge in [0.1, 0.15) is 0 Å². The van der Waals surface area contributed by atoms with Gasteiger partial charge in [-0.2, -0.15) is 0 Å². The lowest BCUT2D eigenvalue weighted by Crippen LogP contribution is -2.36. The van der Waals surface area contributed by atoms with Crippen LogP contribution < -0.4 is 18.9 Å². The molecular weight excluding hydrogens is 948 g/mol. The van der Waals surface area contributed by atoms with Crippen molar-refractivity contribution in [3.05, 3.63) is 239 Å². The van der Waals surface area contributed by atoms with Crippen molar-refractivity contribution in [1.29, 1.82) is 0 Å². The lowest BCUT2D eigenvalue weighted by molar-refractivity contribution is -0.674. The van der Waals surface area contributed by atoms with Crippen LogP contribution in [0.1, 0.15) is 75.1 Å². The number of aryl methyl sites for hydroxylation is 4. The van der Waals surface area contributed by atoms with Gasteiger partial charge in [-0.1, -0.05) is 133 Å². The third-order valence-electron chi connectivity index (χ3n) is 14.0. The Morgan fingerprint density at radius 3 is 1.00 bits per heavy atom. The molecule has 0 aliphatic heterocycles. The molecule has 10 rings (SSSR count). The van der Waals surface area contributed by atoms with Gasteiger partial charge in [-0.25, -0.2) is 18.3 Å². The summed E-state index contributed by atoms with van der Waals surface area (Å²) in [6, 6.07) is 72.5. The van der Waals surface area contributed by atoms with Gasteiger partial charge in [-0.3, -0.25) is 0 Å². The van der Waals surface area contributed by atoms with Crippen molar-refractivity contribution in [2.75, 3.05) is 9.80 Å². The minimum absolute atomic E-state index is 0.758. The zero-order chi connectivity index (χ0) is 50.6. The van der Waals surface area contributed by atoms with Crippen LogP contribution in [0.15, 0.2) is 206 Å². The number of para-hydroxylation sites is 4. The Morgan fingerprint density at radius 2 is 0.676 bits per heavy atom. The molecule has 0 spiro atoms. The van der Waals surface area contributed by atoms with Crippen LogP contribution in [0.3, 0.4) is 0 Å². The second-order valence-electron chi connectivity index (χ2n) is 18.8. The molecular formula is C66H64Cl2N6+2. The molecule has 2 heterocycles. The molecule has 0 saturated heterocycles. The molecule has 0 radical (unpaired) electrons. The fraction of sp³-hybridized carbons (Fsp3) is 0.182. The van der Waals surface area contributed by atoms with Crippen molar-refractivity contribution >= 4 is 104 Å². The van der Waals surface area contributed by atoms with E-state index in [9.17, 15) is 0 Å². The van der Waals surface area contributed by atoms with Gasteiger partial charge in [-0.05, 0) is 160 Å². The van der Waals surface area contributed by atoms with E-state index in [-0.39, 0.29) is 0 Å². The fourth-order valence-electron chi connectivity index (χ4n) is 10.4. The maximum atomic E-state index is 6.62. The summed E-state index contributed by atoms with van der Waals surface area (Å²) in [5, 5.41) is 1.52. The molecule has 6 nitrogen and oxygen atoms in total. The molecule has 370 valence electrons. The molecule has 0 aliphatic rings. The van der Waals surface area contributed by atoms with Gasteiger partial charge in [0.25, 0.3) is 11.6 Å². The lowest BCUT2D eigenvalue weighted by Gasteiger charge is -2.25. The molecule has 10 aromatic rings. The van der Waals surface area contributed by atoms with Crippen LogP contribution in [0.4, 0.5) is 34.1 Å². The highest BCUT2D eigenvalue weighted by Crippen LogP contribution is 2.36. The average molecular weight is 1010 g/mol. The molecule has 8 aromatic carbocycles. The van der Waals surface area contributed by atoms with Gasteiger partial charge in [0, 0.05) is 68.5 Å². The van der Waals surface area contributed by atoms with Gasteiger partial charge in [-0.15, -0.1) is 0 Å². The number of aromatic nitrogens is 4. The van der Waals surface area contributed by atoms with Gasteiger partial charge in [0.05, 0.1) is 26.2 Å². The zero-order valence-corrected chi connectivity index (χ0v) is 44.0. The van der Waals surface area contributed by atoms with E-state index in [1.807, 2.05) is 12.1 Å². The van der Waals surface area contributed by atoms with E-state index in [0.717, 1.165) is 94.3 Å². The number of hydrogen-bond acceptors (Lipinski definition) is 2. The van der Waals surface area contributed by atoms with E-state index in [1.54, 1.807) is 0 Å². The Morgan fingerprint density at radius 1 is 0.365 bits per heavy atom. The number of hydrogen-bond donors (Lipinski definition) is 0. The number of rotatable bonds is 21. The quantitative estimate of drug-likeness (QED) is 0.0529. The first-order chi connectivity index (χ1) is 36.5. The van der Waals surface area contributed by atoms with E-state index < -0.39 is 0 Å². The van der Waals surface area contributed by atoms with E-state index in [0.29, 0.717) is 0 Å². The summed E-state index contributed by atoms with van der Waals surface area (Å²) in [5.74, 6) is 2.38. The Bertz CT molecular complexity index is 3160. The van der Waals surface area contributed by atoms with E-state index in [4.69, 9.17) is 23.2 Å². The zero-order valence-electron chi connectivity index (χ0n) is 42.4. The molecule has 0 saturated carbocycles. The van der Waals surface area contributed by atoms with Gasteiger partial charge in [0.2, 0.25) is 0 Å². The van der Waals surface area contributed by atoms with Crippen LogP contribution in [0, 0.1) is 0 Å². The molecule has 0 N–H and O–H groups in total. The van der Waals surface area contributed by atoms with Crippen molar-refractivity contribution in [3.63, 3.8) is 0 Å². The van der Waals surface area contributed by atoms with Gasteiger partial charge < -0.3 is 9.80 Å². The summed E-state index contributed by atoms with van der Waals surface area (Å²) in [7, 11) is 0. The standard InChI is InChI=1S/C66H64Cl2N6/c1-3-69-63-49-53(67)37-43-61(63)71(65(69)45-35-51-31-39-59(40-32-51)73(55-23-13-9-14-24-55)56-25-15-10-16-26-56)47-21-7-5-6-8-22-48-72-62-44-38-54(68)50-64(62)70(4-2)66(72)46-36-52-33-41-60(42-34-52)74(57-27-17-11-18-28-57)58-29-19-12-20-30-58/h9-20,23-46,49-50H,3-8,21-22,47-48H2,1-2H3/q+2. The highest BCUT2D eigenvalue weighted by molar-refractivity contribution is 6.31. The number of anilines is 6. The lowest BCUT2D eigenvalue weighted by atomic mass is 10.1. The Balaban J connectivity index is 0.793. The van der Waals surface area contributed by atoms with Crippen molar-refractivity contribution in [2.45, 2.75) is 78.6 Å². The largest absolute Gasteiger partial charge is 0.311 e. The SMILES string of the molecule is CCn1c(/C=C/c2ccc(N(c3ccccc3)c3ccccc3)cc2)[n+](CCCCCCCC[n+]2c(/C=C/c3ccc(N(c4ccccc4)c4ccccc4)cc3)n(CC)c3cc(Cl)ccc32)c2ccc(Cl)cc21. The number of imidazole rings is 2. The molecule has 8 heteroatoms. The van der Waals surface area contributed by atoms with Crippen LogP contribution >= 0.6 is 23.2 Å². The monoisotopic (exact) mass is 1010 g/mol. The third kappa shape index (κ3) is 11.3. The summed E-state index contributed by atoms with van der Waals surface area (Å²) < 4.78 is 9.77. The van der Waals surface area contributed by atoms with Crippen molar-refractivity contribution in [2.24, 2.45) is 0 Å². The second kappa shape index (κ2) is 23.9. The van der Waals surface area contributed by atoms with Crippen LogP contribution in [0.25, 0.3) is 46.4 Å². The third-order valence-corrected chi connectivity index (χ3v) is 14.5. The minimum Gasteiger partial charge on any atom is -0.311 e. The van der Waals surface area contributed by atoms with E-state index >= 15 is 0 Å². The Labute approximate surface area is 446 Å². The van der Waals surface area contributed by atoms with Crippen LogP contribution in [0.5, 0.6) is 0 Å². The molecule has 0 atom stereocenters. The fourth-order valence-corrected chi connectivity index (χ4v) is 10.8. The molecule has 2 aromatic heterocycles. The number of benzene rings is 8. The number of unbranched alkanes of at least 4 members (excludes halogenated alkanes) is 5. The molecule has 0 amide bonds. The van der Waals surface area contributed by atoms with Crippen LogP contribution in [-0.4, -0.2) is 9.13 Å². The second-order valence-corrected chi connectivity index (χ2v) is 19.6. The first kappa shape index (κ1) is 49.9. The molecule has 0 bridgehead atoms. The highest BCUT2D eigenvalue weighted by Gasteiger charge is 2.24. The number of fused-ring (bicyclic) bond motifs is 2. The number of nitrogens with zero attached hydrogens (tertiary/aromatic N) is 6. The molecule has 0 fully saturated rings. The maximum absolute atomic E-state index is 6.62. The summed E-state index contributed by atoms with van der Waals surface area (Å²) in [6.45, 7) is 8.02. The number of halogens is 2. The van der Waals surface area contributed by atoms with Crippen molar-refractivity contribution < 1.29 is 9.13 Å². The average Bonchev–Trinajstić information content (AvgIpc) is 3.91. The Hall–Kier alpha value is -7.64. The van der Waals surface area contributed by atoms with Crippen molar-refractivity contribution in [1.82, 2.24) is 9.13 Å². The predicted molar refractivity (Wildman–Crippen MR) is 313 cm³/mol. The minimum atomic E-state index is 0.758. The van der Waals surface area contributed by atoms with Gasteiger partial charge in [0.15, 0.2) is 22.1 Å². The molecule has 0 unspecified atom stereocenters. The van der Waals surface area contributed by atoms with E-state index in [1.165, 1.54) is 59.4 Å². The summed E-state index contributed by atoms with van der Waals surface area (Å²) in [6.07, 6.45) is 16.0. The predicted octanol–water partition coefficient (Wildman–Crippen LogP) is 17.8. The van der Waals surface area contributed by atoms with Crippen LogP contribution in [0.2, 0.25) is 10.0 Å². The Kier molecular flexibility index (Phi) is 16.1. The first-order valence-corrected chi connectivity index (χ1v) is 27.0. The summed E-state index contributed by atoms with van der Waals surface area (Å²) in [4.78, 5) is 4.59. The normalized spacial score (nSPS) is 11.7. The van der Waals surface area contributed by atoms with E-state index in [2.05, 4.69) is 260 Å². The topological polar surface area (TPSA) is 24.1 Å². The van der Waals surface area contributed by atoms with Crippen molar-refractivity contribution in [3.8, 4) is 0 Å². The summed E-state index contributed by atoms with van der Waals surface area (Å²) in [5.41, 5.74) is 13.8. The van der Waals surface area contributed by atoms with Crippen LogP contribution in [-0.2, 0) is 26.2 Å². The molecule has 74 heavy (non-hydrogen) atoms. The summed E-state index contributed by atoms with van der Waals surface area (Å²) >= 11 is 13.2.